The topological polar surface area (TPSA) is 132 Å². The molecule has 0 spiro atoms. The van der Waals surface area contributed by atoms with Gasteiger partial charge in [-0.25, -0.2) is 4.98 Å². The minimum Gasteiger partial charge on any atom is -0.450 e. The van der Waals surface area contributed by atoms with E-state index < -0.39 is 5.92 Å². The van der Waals surface area contributed by atoms with E-state index in [0.29, 0.717) is 24.2 Å². The highest BCUT2D eigenvalue weighted by atomic mass is 19.3. The molecule has 1 aliphatic heterocycles. The normalized spacial score (nSPS) is 15.1. The number of aryl methyl sites for hydroxylation is 2. The number of fused-ring (bicyclic) bond motifs is 2. The van der Waals surface area contributed by atoms with Gasteiger partial charge in [0.1, 0.15) is 28.5 Å². The van der Waals surface area contributed by atoms with Crippen molar-refractivity contribution in [2.24, 2.45) is 12.8 Å². The van der Waals surface area contributed by atoms with Gasteiger partial charge in [-0.1, -0.05) is 6.07 Å². The Bertz CT molecular complexity index is 1450. The molecule has 172 valence electrons. The van der Waals surface area contributed by atoms with Crippen molar-refractivity contribution in [2.45, 2.75) is 25.3 Å². The van der Waals surface area contributed by atoms with Crippen LogP contribution in [0.15, 0.2) is 42.9 Å². The van der Waals surface area contributed by atoms with Crippen LogP contribution in [0.1, 0.15) is 29.8 Å². The van der Waals surface area contributed by atoms with Crippen LogP contribution < -0.4 is 15.8 Å². The highest BCUT2D eigenvalue weighted by Crippen LogP contribution is 2.38. The third-order valence-electron chi connectivity index (χ3n) is 5.52. The van der Waals surface area contributed by atoms with Gasteiger partial charge in [0.05, 0.1) is 6.20 Å². The zero-order chi connectivity index (χ0) is 23.9. The quantitative estimate of drug-likeness (QED) is 0.431. The fraction of sp³-hybridized carbons (Fsp3) is 0.227. The van der Waals surface area contributed by atoms with E-state index in [1.807, 2.05) is 0 Å². The van der Waals surface area contributed by atoms with E-state index in [1.54, 1.807) is 36.0 Å². The largest absolute Gasteiger partial charge is 0.450 e. The number of anilines is 2. The lowest BCUT2D eigenvalue weighted by Gasteiger charge is -2.22. The van der Waals surface area contributed by atoms with Crippen molar-refractivity contribution >= 4 is 28.7 Å². The standard InChI is InChI=1S/C22H19F2N9O/c1-32-19-13(10-25)16(34-15(11-26)14-5-2-3-7-27-14)12-28-20(19)30-21(32)29-18-9-17-22(23,24)6-4-8-33(17)31-18/h2-3,5,7,9,11-12H,4,6,8,26H2,1H3,(H,28,29,30,31). The summed E-state index contributed by atoms with van der Waals surface area (Å²) >= 11 is 0. The van der Waals surface area contributed by atoms with Gasteiger partial charge in [-0.2, -0.15) is 24.1 Å². The summed E-state index contributed by atoms with van der Waals surface area (Å²) in [7, 11) is 1.67. The van der Waals surface area contributed by atoms with Gasteiger partial charge in [0, 0.05) is 38.5 Å². The number of hydrogen-bond acceptors (Lipinski definition) is 8. The van der Waals surface area contributed by atoms with E-state index in [0.717, 1.165) is 0 Å². The maximum absolute atomic E-state index is 14.2. The molecule has 0 aliphatic carbocycles. The van der Waals surface area contributed by atoms with Crippen molar-refractivity contribution in [3.63, 3.8) is 0 Å². The second-order valence-corrected chi connectivity index (χ2v) is 7.69. The van der Waals surface area contributed by atoms with Crippen LogP contribution in [0.25, 0.3) is 16.9 Å². The Labute approximate surface area is 192 Å². The molecule has 0 atom stereocenters. The lowest BCUT2D eigenvalue weighted by atomic mass is 10.1. The van der Waals surface area contributed by atoms with Crippen LogP contribution in [0, 0.1) is 11.3 Å². The molecule has 4 aromatic rings. The third-order valence-corrected chi connectivity index (χ3v) is 5.52. The molecule has 0 saturated heterocycles. The average molecular weight is 463 g/mol. The van der Waals surface area contributed by atoms with Crippen molar-refractivity contribution < 1.29 is 13.5 Å². The van der Waals surface area contributed by atoms with Crippen molar-refractivity contribution in [3.05, 3.63) is 59.8 Å². The minimum absolute atomic E-state index is 0.137. The maximum atomic E-state index is 14.2. The van der Waals surface area contributed by atoms with Gasteiger partial charge in [-0.05, 0) is 18.6 Å². The maximum Gasteiger partial charge on any atom is 0.289 e. The van der Waals surface area contributed by atoms with E-state index >= 15 is 0 Å². The molecule has 0 unspecified atom stereocenters. The van der Waals surface area contributed by atoms with Crippen LogP contribution in [0.2, 0.25) is 0 Å². The van der Waals surface area contributed by atoms with Crippen LogP contribution >= 0.6 is 0 Å². The molecule has 4 aromatic heterocycles. The molecule has 34 heavy (non-hydrogen) atoms. The lowest BCUT2D eigenvalue weighted by Crippen LogP contribution is -2.25. The van der Waals surface area contributed by atoms with E-state index in [1.165, 1.54) is 23.1 Å². The first-order chi connectivity index (χ1) is 16.4. The first-order valence-corrected chi connectivity index (χ1v) is 10.4. The molecule has 12 heteroatoms. The van der Waals surface area contributed by atoms with Crippen LogP contribution in [0.3, 0.4) is 0 Å². The number of aromatic nitrogens is 6. The SMILES string of the molecule is Cn1c(Nc2cc3n(n2)CCCC3(F)F)nc2ncc(OC(=CN)c3ccccn3)c(C#N)c21. The van der Waals surface area contributed by atoms with Gasteiger partial charge in [0.25, 0.3) is 5.92 Å². The fourth-order valence-corrected chi connectivity index (χ4v) is 3.89. The first kappa shape index (κ1) is 21.3. The summed E-state index contributed by atoms with van der Waals surface area (Å²) in [6.07, 6.45) is 4.36. The molecule has 0 bridgehead atoms. The summed E-state index contributed by atoms with van der Waals surface area (Å²) in [6, 6.07) is 8.70. The molecule has 1 aliphatic rings. The van der Waals surface area contributed by atoms with Gasteiger partial charge in [0.15, 0.2) is 23.0 Å². The lowest BCUT2D eigenvalue weighted by molar-refractivity contribution is -0.0364. The summed E-state index contributed by atoms with van der Waals surface area (Å²) in [5.41, 5.74) is 6.92. The summed E-state index contributed by atoms with van der Waals surface area (Å²) in [5, 5.41) is 17.1. The Morgan fingerprint density at radius 2 is 2.21 bits per heavy atom. The van der Waals surface area contributed by atoms with Crippen LogP contribution in [0.5, 0.6) is 5.75 Å². The fourth-order valence-electron chi connectivity index (χ4n) is 3.89. The summed E-state index contributed by atoms with van der Waals surface area (Å²) in [4.78, 5) is 12.9. The number of hydrogen-bond donors (Lipinski definition) is 2. The zero-order valence-electron chi connectivity index (χ0n) is 18.0. The molecular weight excluding hydrogens is 444 g/mol. The van der Waals surface area contributed by atoms with Crippen molar-refractivity contribution in [3.8, 4) is 11.8 Å². The molecule has 5 heterocycles. The van der Waals surface area contributed by atoms with Gasteiger partial charge < -0.3 is 20.4 Å². The predicted octanol–water partition coefficient (Wildman–Crippen LogP) is 3.40. The van der Waals surface area contributed by atoms with Crippen LogP contribution in [-0.4, -0.2) is 29.3 Å². The van der Waals surface area contributed by atoms with Crippen molar-refractivity contribution in [2.75, 3.05) is 5.32 Å². The van der Waals surface area contributed by atoms with Gasteiger partial charge in [-0.15, -0.1) is 0 Å². The highest BCUT2D eigenvalue weighted by Gasteiger charge is 2.38. The first-order valence-electron chi connectivity index (χ1n) is 10.4. The molecule has 0 radical (unpaired) electrons. The van der Waals surface area contributed by atoms with Crippen molar-refractivity contribution in [1.82, 2.24) is 29.3 Å². The Hall–Kier alpha value is -4.53. The average Bonchev–Trinajstić information content (AvgIpc) is 3.39. The Morgan fingerprint density at radius 1 is 1.35 bits per heavy atom. The molecule has 0 fully saturated rings. The van der Waals surface area contributed by atoms with E-state index in [2.05, 4.69) is 31.4 Å². The molecule has 0 saturated carbocycles. The van der Waals surface area contributed by atoms with Gasteiger partial charge >= 0.3 is 0 Å². The monoisotopic (exact) mass is 463 g/mol. The molecule has 0 amide bonds. The summed E-state index contributed by atoms with van der Waals surface area (Å²) < 4.78 is 37.2. The van der Waals surface area contributed by atoms with Crippen LogP contribution in [-0.2, 0) is 19.5 Å². The Kier molecular flexibility index (Phi) is 5.09. The second kappa shape index (κ2) is 8.11. The number of nitriles is 1. The van der Waals surface area contributed by atoms with Gasteiger partial charge in [-0.3, -0.25) is 9.67 Å². The number of nitrogens with one attached hydrogen (secondary N) is 1. The second-order valence-electron chi connectivity index (χ2n) is 7.69. The van der Waals surface area contributed by atoms with Crippen molar-refractivity contribution in [1.29, 1.82) is 5.26 Å². The number of nitrogens with zero attached hydrogens (tertiary/aromatic N) is 7. The number of alkyl halides is 2. The Morgan fingerprint density at radius 3 is 2.91 bits per heavy atom. The smallest absolute Gasteiger partial charge is 0.289 e. The molecule has 0 aromatic carbocycles. The minimum atomic E-state index is -2.93. The molecule has 3 N–H and O–H groups in total. The third kappa shape index (κ3) is 3.57. The van der Waals surface area contributed by atoms with E-state index in [-0.39, 0.29) is 46.6 Å². The van der Waals surface area contributed by atoms with Crippen LogP contribution in [0.4, 0.5) is 20.5 Å². The number of imidazole rings is 1. The number of rotatable bonds is 5. The number of pyridine rings is 2. The summed E-state index contributed by atoms with van der Waals surface area (Å²) in [6.45, 7) is 0.420. The number of ether oxygens (including phenoxy) is 1. The summed E-state index contributed by atoms with van der Waals surface area (Å²) in [5.74, 6) is -1.99. The number of halogens is 2. The molecule has 10 nitrogen and oxygen atoms in total. The predicted molar refractivity (Wildman–Crippen MR) is 119 cm³/mol. The van der Waals surface area contributed by atoms with E-state index in [4.69, 9.17) is 10.5 Å². The van der Waals surface area contributed by atoms with Gasteiger partial charge in [0.2, 0.25) is 5.95 Å². The highest BCUT2D eigenvalue weighted by molar-refractivity contribution is 5.84. The Balaban J connectivity index is 1.50. The number of nitrogens with two attached hydrogens (primary N) is 1. The zero-order valence-corrected chi connectivity index (χ0v) is 18.0. The molecular formula is C22H19F2N9O. The van der Waals surface area contributed by atoms with E-state index in [9.17, 15) is 14.0 Å². The molecule has 5 rings (SSSR count).